The maximum Gasteiger partial charge on any atom is 0.306 e. The summed E-state index contributed by atoms with van der Waals surface area (Å²) in [6.07, 6.45) is 82.5. The summed E-state index contributed by atoms with van der Waals surface area (Å²) >= 11 is 0. The molecule has 0 aliphatic heterocycles. The monoisotopic (exact) mass is 1030 g/mol. The van der Waals surface area contributed by atoms with Gasteiger partial charge in [-0.05, 0) is 103 Å². The predicted molar refractivity (Wildman–Crippen MR) is 320 cm³/mol. The SMILES string of the molecule is CC/C=C\C/C=C\C/C=C\C/C=C\C/C=C\C/C=C\CCCCCCCCC(=O)OCC(COC(=O)CCCCCCCCCCCCCCCC)OC(=O)CCCCCCCCC/C=C\C/C=C\CCCCC. The van der Waals surface area contributed by atoms with Gasteiger partial charge in [0.2, 0.25) is 0 Å². The van der Waals surface area contributed by atoms with Crippen LogP contribution in [0.25, 0.3) is 0 Å². The summed E-state index contributed by atoms with van der Waals surface area (Å²) in [5.74, 6) is -0.897. The van der Waals surface area contributed by atoms with Crippen molar-refractivity contribution >= 4 is 17.9 Å². The first-order chi connectivity index (χ1) is 36.5. The van der Waals surface area contributed by atoms with Crippen LogP contribution in [0.5, 0.6) is 0 Å². The van der Waals surface area contributed by atoms with E-state index in [-0.39, 0.29) is 31.1 Å². The molecule has 1 atom stereocenters. The van der Waals surface area contributed by atoms with Crippen molar-refractivity contribution in [1.82, 2.24) is 0 Å². The summed E-state index contributed by atoms with van der Waals surface area (Å²) in [6, 6.07) is 0. The number of rotatable bonds is 56. The first-order valence-corrected chi connectivity index (χ1v) is 31.2. The molecule has 0 fully saturated rings. The molecular formula is C68H116O6. The van der Waals surface area contributed by atoms with Crippen LogP contribution in [0, 0.1) is 0 Å². The fourth-order valence-corrected chi connectivity index (χ4v) is 8.65. The highest BCUT2D eigenvalue weighted by molar-refractivity contribution is 5.71. The molecule has 0 aromatic heterocycles. The van der Waals surface area contributed by atoms with Crippen LogP contribution < -0.4 is 0 Å². The second-order valence-corrected chi connectivity index (χ2v) is 20.6. The van der Waals surface area contributed by atoms with Gasteiger partial charge in [0.05, 0.1) is 0 Å². The average molecular weight is 1030 g/mol. The van der Waals surface area contributed by atoms with E-state index in [1.807, 2.05) is 0 Å². The van der Waals surface area contributed by atoms with Crippen LogP contribution in [0.3, 0.4) is 0 Å². The molecule has 0 spiro atoms. The van der Waals surface area contributed by atoms with Gasteiger partial charge >= 0.3 is 17.9 Å². The van der Waals surface area contributed by atoms with Gasteiger partial charge in [-0.3, -0.25) is 14.4 Å². The zero-order valence-electron chi connectivity index (χ0n) is 48.6. The van der Waals surface area contributed by atoms with Crippen LogP contribution in [0.1, 0.15) is 297 Å². The van der Waals surface area contributed by atoms with Gasteiger partial charge in [0, 0.05) is 19.3 Å². The summed E-state index contributed by atoms with van der Waals surface area (Å²) in [6.45, 7) is 6.51. The Hall–Kier alpha value is -3.67. The molecule has 0 saturated carbocycles. The van der Waals surface area contributed by atoms with Crippen molar-refractivity contribution in [2.24, 2.45) is 0 Å². The lowest BCUT2D eigenvalue weighted by Crippen LogP contribution is -2.30. The van der Waals surface area contributed by atoms with E-state index in [4.69, 9.17) is 14.2 Å². The van der Waals surface area contributed by atoms with Gasteiger partial charge in [-0.25, -0.2) is 0 Å². The third-order valence-corrected chi connectivity index (χ3v) is 13.3. The lowest BCUT2D eigenvalue weighted by atomic mass is 10.0. The first kappa shape index (κ1) is 70.3. The molecule has 6 heteroatoms. The zero-order chi connectivity index (χ0) is 53.6. The molecular weight excluding hydrogens is 913 g/mol. The minimum atomic E-state index is -0.788. The minimum absolute atomic E-state index is 0.0834. The summed E-state index contributed by atoms with van der Waals surface area (Å²) in [5, 5.41) is 0. The molecule has 1 unspecified atom stereocenters. The Bertz CT molecular complexity index is 1460. The van der Waals surface area contributed by atoms with Crippen LogP contribution in [0.2, 0.25) is 0 Å². The van der Waals surface area contributed by atoms with E-state index in [1.165, 1.54) is 135 Å². The molecule has 0 aliphatic carbocycles. The molecule has 0 saturated heterocycles. The highest BCUT2D eigenvalue weighted by Gasteiger charge is 2.19. The van der Waals surface area contributed by atoms with Crippen molar-refractivity contribution in [1.29, 1.82) is 0 Å². The van der Waals surface area contributed by atoms with Crippen LogP contribution in [-0.4, -0.2) is 37.2 Å². The topological polar surface area (TPSA) is 78.9 Å². The van der Waals surface area contributed by atoms with E-state index in [1.54, 1.807) is 0 Å². The second-order valence-electron chi connectivity index (χ2n) is 20.6. The Morgan fingerprint density at radius 1 is 0.284 bits per heavy atom. The maximum absolute atomic E-state index is 12.9. The van der Waals surface area contributed by atoms with Crippen molar-refractivity contribution in [2.45, 2.75) is 303 Å². The Balaban J connectivity index is 4.38. The molecule has 0 radical (unpaired) electrons. The molecule has 74 heavy (non-hydrogen) atoms. The van der Waals surface area contributed by atoms with Gasteiger partial charge in [-0.2, -0.15) is 0 Å². The number of ether oxygens (including phenoxy) is 3. The molecule has 0 heterocycles. The quantitative estimate of drug-likeness (QED) is 0.0261. The third-order valence-electron chi connectivity index (χ3n) is 13.3. The average Bonchev–Trinajstić information content (AvgIpc) is 3.40. The van der Waals surface area contributed by atoms with Gasteiger partial charge in [-0.15, -0.1) is 0 Å². The van der Waals surface area contributed by atoms with Crippen molar-refractivity contribution in [3.05, 3.63) is 97.2 Å². The van der Waals surface area contributed by atoms with E-state index in [2.05, 4.69) is 118 Å². The number of allylic oxidation sites excluding steroid dienone is 16. The molecule has 0 aromatic carbocycles. The molecule has 0 aliphatic rings. The Morgan fingerprint density at radius 3 is 0.851 bits per heavy atom. The lowest BCUT2D eigenvalue weighted by Gasteiger charge is -2.18. The van der Waals surface area contributed by atoms with E-state index in [9.17, 15) is 14.4 Å². The van der Waals surface area contributed by atoms with E-state index >= 15 is 0 Å². The smallest absolute Gasteiger partial charge is 0.306 e. The van der Waals surface area contributed by atoms with E-state index < -0.39 is 6.10 Å². The fourth-order valence-electron chi connectivity index (χ4n) is 8.65. The van der Waals surface area contributed by atoms with E-state index in [0.717, 1.165) is 122 Å². The van der Waals surface area contributed by atoms with Crippen molar-refractivity contribution < 1.29 is 28.6 Å². The van der Waals surface area contributed by atoms with Crippen LogP contribution in [-0.2, 0) is 28.6 Å². The fraction of sp³-hybridized carbons (Fsp3) is 0.721. The van der Waals surface area contributed by atoms with Crippen LogP contribution in [0.15, 0.2) is 97.2 Å². The van der Waals surface area contributed by atoms with Crippen molar-refractivity contribution in [3.63, 3.8) is 0 Å². The highest BCUT2D eigenvalue weighted by atomic mass is 16.6. The largest absolute Gasteiger partial charge is 0.462 e. The second kappa shape index (κ2) is 61.9. The number of esters is 3. The highest BCUT2D eigenvalue weighted by Crippen LogP contribution is 2.16. The molecule has 0 N–H and O–H groups in total. The first-order valence-electron chi connectivity index (χ1n) is 31.2. The standard InChI is InChI=1S/C68H116O6/c1-4-7-10-13-16-19-22-25-28-30-31-32-33-34-35-36-37-39-40-43-46-49-52-55-58-61-67(70)73-64-65(63-72-66(69)60-57-54-51-48-45-42-27-24-21-18-15-12-9-6-3)74-68(71)62-59-56-53-50-47-44-41-38-29-26-23-20-17-14-11-8-5-2/h7,10,16-17,19-20,25-26,28-29,31-32,34-35,37,39,65H,4-6,8-9,11-15,18,21-24,27,30,33,36,38,40-64H2,1-3H3/b10-7-,19-16-,20-17-,28-25-,29-26-,32-31-,35-34-,39-37-. The molecule has 0 rings (SSSR count). The maximum atomic E-state index is 12.9. The number of hydrogen-bond acceptors (Lipinski definition) is 6. The summed E-state index contributed by atoms with van der Waals surface area (Å²) in [4.78, 5) is 38.3. The minimum Gasteiger partial charge on any atom is -0.462 e. The third kappa shape index (κ3) is 59.2. The van der Waals surface area contributed by atoms with E-state index in [0.29, 0.717) is 19.3 Å². The summed E-state index contributed by atoms with van der Waals surface area (Å²) in [5.41, 5.74) is 0. The Morgan fingerprint density at radius 2 is 0.527 bits per heavy atom. The Labute approximate surface area is 457 Å². The number of hydrogen-bond donors (Lipinski definition) is 0. The molecule has 0 bridgehead atoms. The molecule has 6 nitrogen and oxygen atoms in total. The number of unbranched alkanes of at least 4 members (excludes halogenated alkanes) is 29. The summed E-state index contributed by atoms with van der Waals surface area (Å²) in [7, 11) is 0. The van der Waals surface area contributed by atoms with Crippen molar-refractivity contribution in [2.75, 3.05) is 13.2 Å². The predicted octanol–water partition coefficient (Wildman–Crippen LogP) is 21.3. The van der Waals surface area contributed by atoms with Gasteiger partial charge in [0.1, 0.15) is 13.2 Å². The molecule has 0 aromatic rings. The Kier molecular flexibility index (Phi) is 58.8. The normalized spacial score (nSPS) is 12.7. The van der Waals surface area contributed by atoms with Gasteiger partial charge in [0.15, 0.2) is 6.10 Å². The lowest BCUT2D eigenvalue weighted by molar-refractivity contribution is -0.167. The van der Waals surface area contributed by atoms with Gasteiger partial charge in [-0.1, -0.05) is 272 Å². The molecule has 424 valence electrons. The zero-order valence-corrected chi connectivity index (χ0v) is 48.6. The van der Waals surface area contributed by atoms with Crippen LogP contribution >= 0.6 is 0 Å². The summed E-state index contributed by atoms with van der Waals surface area (Å²) < 4.78 is 16.9. The van der Waals surface area contributed by atoms with Gasteiger partial charge in [0.25, 0.3) is 0 Å². The van der Waals surface area contributed by atoms with Crippen molar-refractivity contribution in [3.8, 4) is 0 Å². The van der Waals surface area contributed by atoms with Gasteiger partial charge < -0.3 is 14.2 Å². The number of carbonyl (C=O) groups is 3. The van der Waals surface area contributed by atoms with Crippen LogP contribution in [0.4, 0.5) is 0 Å². The molecule has 0 amide bonds. The number of carbonyl (C=O) groups excluding carboxylic acids is 3.